The Balaban J connectivity index is 5.07. The van der Waals surface area contributed by atoms with Gasteiger partial charge in [0.2, 0.25) is 5.91 Å². The van der Waals surface area contributed by atoms with E-state index in [2.05, 4.69) is 6.58 Å². The summed E-state index contributed by atoms with van der Waals surface area (Å²) in [6.07, 6.45) is 0.676. The number of rotatable bonds is 5. The first-order chi connectivity index (χ1) is 6.27. The highest BCUT2D eigenvalue weighted by molar-refractivity contribution is 5.94. The molecule has 0 aliphatic carbocycles. The van der Waals surface area contributed by atoms with Gasteiger partial charge in [0, 0.05) is 16.9 Å². The van der Waals surface area contributed by atoms with E-state index in [-0.39, 0.29) is 11.7 Å². The van der Waals surface area contributed by atoms with Gasteiger partial charge in [0.1, 0.15) is 5.78 Å². The van der Waals surface area contributed by atoms with Crippen LogP contribution in [0.5, 0.6) is 0 Å². The molecule has 1 amide bonds. The van der Waals surface area contributed by atoms with Crippen molar-refractivity contribution in [3.05, 3.63) is 12.2 Å². The maximum Gasteiger partial charge on any atom is 0.244 e. The summed E-state index contributed by atoms with van der Waals surface area (Å²) in [5.74, 6) is -0.702. The molecule has 0 saturated heterocycles. The molecule has 2 atom stereocenters. The minimum Gasteiger partial charge on any atom is -0.366 e. The summed E-state index contributed by atoms with van der Waals surface area (Å²) in [5.41, 5.74) is 5.01. The van der Waals surface area contributed by atoms with Crippen LogP contribution in [0.2, 0.25) is 0 Å². The van der Waals surface area contributed by atoms with Gasteiger partial charge in [-0.2, -0.15) is 0 Å². The number of carbonyl (C=O) groups excluding carboxylic acids is 2. The first kappa shape index (κ1) is 12.9. The van der Waals surface area contributed by atoms with Crippen LogP contribution in [0.3, 0.4) is 0 Å². The molecule has 2 N–H and O–H groups in total. The Bertz CT molecular complexity index is 270. The van der Waals surface area contributed by atoms with Crippen LogP contribution >= 0.6 is 0 Å². The number of primary amides is 1. The molecule has 0 bridgehead atoms. The van der Waals surface area contributed by atoms with Gasteiger partial charge < -0.3 is 5.73 Å². The van der Waals surface area contributed by atoms with Gasteiger partial charge in [-0.25, -0.2) is 0 Å². The number of amides is 1. The first-order valence-corrected chi connectivity index (χ1v) is 4.77. The molecule has 3 heteroatoms. The SMILES string of the molecule is C=C(C(N)=O)C(C)(CC)C(C)C(C)=O. The predicted molar refractivity (Wildman–Crippen MR) is 56.6 cm³/mol. The van der Waals surface area contributed by atoms with Gasteiger partial charge in [0.25, 0.3) is 0 Å². The van der Waals surface area contributed by atoms with E-state index in [1.807, 2.05) is 13.8 Å². The lowest BCUT2D eigenvalue weighted by molar-refractivity contribution is -0.123. The van der Waals surface area contributed by atoms with Crippen molar-refractivity contribution in [3.63, 3.8) is 0 Å². The van der Waals surface area contributed by atoms with E-state index in [1.54, 1.807) is 6.92 Å². The topological polar surface area (TPSA) is 60.2 Å². The minimum absolute atomic E-state index is 0.0525. The highest BCUT2D eigenvalue weighted by atomic mass is 16.1. The lowest BCUT2D eigenvalue weighted by Crippen LogP contribution is -2.36. The molecule has 80 valence electrons. The van der Waals surface area contributed by atoms with Gasteiger partial charge in [-0.15, -0.1) is 0 Å². The first-order valence-electron chi connectivity index (χ1n) is 4.77. The molecule has 14 heavy (non-hydrogen) atoms. The molecule has 0 rings (SSSR count). The Morgan fingerprint density at radius 2 is 1.93 bits per heavy atom. The summed E-state index contributed by atoms with van der Waals surface area (Å²) >= 11 is 0. The summed E-state index contributed by atoms with van der Waals surface area (Å²) in [7, 11) is 0. The van der Waals surface area contributed by atoms with Crippen LogP contribution in [-0.2, 0) is 9.59 Å². The molecule has 0 saturated carbocycles. The molecule has 0 aliphatic rings. The third kappa shape index (κ3) is 2.22. The van der Waals surface area contributed by atoms with Crippen molar-refractivity contribution in [1.82, 2.24) is 0 Å². The van der Waals surface area contributed by atoms with Gasteiger partial charge >= 0.3 is 0 Å². The maximum atomic E-state index is 11.3. The Morgan fingerprint density at radius 1 is 1.50 bits per heavy atom. The molecular weight excluding hydrogens is 178 g/mol. The number of nitrogens with two attached hydrogens (primary N) is 1. The van der Waals surface area contributed by atoms with Crippen LogP contribution in [0.25, 0.3) is 0 Å². The Labute approximate surface area is 85.4 Å². The largest absolute Gasteiger partial charge is 0.366 e. The number of ketones is 1. The molecule has 0 aromatic rings. The van der Waals surface area contributed by atoms with Crippen LogP contribution < -0.4 is 5.73 Å². The normalized spacial score (nSPS) is 16.9. The second-order valence-electron chi connectivity index (χ2n) is 3.95. The van der Waals surface area contributed by atoms with E-state index >= 15 is 0 Å². The molecule has 0 fully saturated rings. The highest BCUT2D eigenvalue weighted by Crippen LogP contribution is 2.38. The van der Waals surface area contributed by atoms with Crippen molar-refractivity contribution in [2.24, 2.45) is 17.1 Å². The zero-order chi connectivity index (χ0) is 11.5. The minimum atomic E-state index is -0.526. The van der Waals surface area contributed by atoms with Crippen LogP contribution in [0.1, 0.15) is 34.1 Å². The monoisotopic (exact) mass is 197 g/mol. The lowest BCUT2D eigenvalue weighted by atomic mass is 9.69. The van der Waals surface area contributed by atoms with Crippen molar-refractivity contribution >= 4 is 11.7 Å². The Morgan fingerprint density at radius 3 is 2.14 bits per heavy atom. The van der Waals surface area contributed by atoms with Crippen molar-refractivity contribution in [3.8, 4) is 0 Å². The zero-order valence-electron chi connectivity index (χ0n) is 9.39. The second kappa shape index (κ2) is 4.40. The molecule has 0 spiro atoms. The summed E-state index contributed by atoms with van der Waals surface area (Å²) in [6, 6.07) is 0. The molecular formula is C11H19NO2. The van der Waals surface area contributed by atoms with Crippen LogP contribution in [-0.4, -0.2) is 11.7 Å². The number of hydrogen-bond acceptors (Lipinski definition) is 2. The second-order valence-corrected chi connectivity index (χ2v) is 3.95. The fourth-order valence-corrected chi connectivity index (χ4v) is 1.51. The zero-order valence-corrected chi connectivity index (χ0v) is 9.39. The maximum absolute atomic E-state index is 11.3. The Kier molecular flexibility index (Phi) is 4.05. The van der Waals surface area contributed by atoms with Gasteiger partial charge in [-0.3, -0.25) is 9.59 Å². The van der Waals surface area contributed by atoms with E-state index in [1.165, 1.54) is 6.92 Å². The number of carbonyl (C=O) groups is 2. The van der Waals surface area contributed by atoms with E-state index in [0.29, 0.717) is 12.0 Å². The van der Waals surface area contributed by atoms with Crippen molar-refractivity contribution < 1.29 is 9.59 Å². The third-order valence-corrected chi connectivity index (χ3v) is 3.29. The average molecular weight is 197 g/mol. The summed E-state index contributed by atoms with van der Waals surface area (Å²) < 4.78 is 0. The smallest absolute Gasteiger partial charge is 0.244 e. The molecule has 0 aromatic carbocycles. The van der Waals surface area contributed by atoms with E-state index in [9.17, 15) is 9.59 Å². The molecule has 3 nitrogen and oxygen atoms in total. The van der Waals surface area contributed by atoms with E-state index < -0.39 is 11.3 Å². The van der Waals surface area contributed by atoms with Crippen molar-refractivity contribution in [2.75, 3.05) is 0 Å². The molecule has 0 heterocycles. The van der Waals surface area contributed by atoms with Gasteiger partial charge in [-0.1, -0.05) is 27.4 Å². The molecule has 0 radical (unpaired) electrons. The quantitative estimate of drug-likeness (QED) is 0.681. The summed E-state index contributed by atoms with van der Waals surface area (Å²) in [6.45, 7) is 10.8. The molecule has 2 unspecified atom stereocenters. The summed E-state index contributed by atoms with van der Waals surface area (Å²) in [5, 5.41) is 0. The van der Waals surface area contributed by atoms with Gasteiger partial charge in [-0.05, 0) is 13.3 Å². The standard InChI is InChI=1S/C11H19NO2/c1-6-11(5,7(2)9(4)13)8(3)10(12)14/h7H,3,6H2,1-2,4-5H3,(H2,12,14). The van der Waals surface area contributed by atoms with Crippen molar-refractivity contribution in [1.29, 1.82) is 0 Å². The fourth-order valence-electron chi connectivity index (χ4n) is 1.51. The average Bonchev–Trinajstić information content (AvgIpc) is 2.13. The number of hydrogen-bond donors (Lipinski definition) is 1. The lowest BCUT2D eigenvalue weighted by Gasteiger charge is -2.33. The van der Waals surface area contributed by atoms with Crippen LogP contribution in [0.4, 0.5) is 0 Å². The van der Waals surface area contributed by atoms with Crippen molar-refractivity contribution in [2.45, 2.75) is 34.1 Å². The van der Waals surface area contributed by atoms with Crippen LogP contribution in [0, 0.1) is 11.3 Å². The van der Waals surface area contributed by atoms with Gasteiger partial charge in [0.05, 0.1) is 0 Å². The predicted octanol–water partition coefficient (Wildman–Crippen LogP) is 1.67. The van der Waals surface area contributed by atoms with E-state index in [0.717, 1.165) is 0 Å². The third-order valence-electron chi connectivity index (χ3n) is 3.29. The highest BCUT2D eigenvalue weighted by Gasteiger charge is 2.37. The summed E-state index contributed by atoms with van der Waals surface area (Å²) in [4.78, 5) is 22.3. The number of Topliss-reactive ketones (excluding diaryl/α,β-unsaturated/α-hetero) is 1. The van der Waals surface area contributed by atoms with Gasteiger partial charge in [0.15, 0.2) is 0 Å². The van der Waals surface area contributed by atoms with Crippen LogP contribution in [0.15, 0.2) is 12.2 Å². The fraction of sp³-hybridized carbons (Fsp3) is 0.636. The molecule has 0 aromatic heterocycles. The Hall–Kier alpha value is -1.12. The van der Waals surface area contributed by atoms with E-state index in [4.69, 9.17) is 5.73 Å². The molecule has 0 aliphatic heterocycles.